The van der Waals surface area contributed by atoms with Gasteiger partial charge in [0.15, 0.2) is 0 Å². The minimum absolute atomic E-state index is 0.144. The molecule has 30 heavy (non-hydrogen) atoms. The lowest BCUT2D eigenvalue weighted by molar-refractivity contribution is -0.0964. The molecule has 2 aromatic rings. The third-order valence-electron chi connectivity index (χ3n) is 4.43. The summed E-state index contributed by atoms with van der Waals surface area (Å²) in [5.41, 5.74) is 2.86. The highest BCUT2D eigenvalue weighted by molar-refractivity contribution is 6.20. The second kappa shape index (κ2) is 9.08. The van der Waals surface area contributed by atoms with E-state index in [9.17, 15) is 13.6 Å². The van der Waals surface area contributed by atoms with Crippen LogP contribution in [0.3, 0.4) is 0 Å². The van der Waals surface area contributed by atoms with Crippen molar-refractivity contribution in [3.05, 3.63) is 59.9 Å². The third kappa shape index (κ3) is 5.44. The van der Waals surface area contributed by atoms with Crippen LogP contribution in [0, 0.1) is 5.41 Å². The van der Waals surface area contributed by atoms with Crippen molar-refractivity contribution in [3.8, 4) is 5.75 Å². The SMILES string of the molecule is N=C(C=CN)c1cc(C(=O)Nc2ccc(OC(F)(F)Cl)cc2)cnc1N1CCCC1. The molecule has 0 radical (unpaired) electrons. The Morgan fingerprint density at radius 3 is 2.57 bits per heavy atom. The number of hydrogen-bond acceptors (Lipinski definition) is 6. The fourth-order valence-electron chi connectivity index (χ4n) is 3.09. The number of ether oxygens (including phenoxy) is 1. The highest BCUT2D eigenvalue weighted by Crippen LogP contribution is 2.27. The van der Waals surface area contributed by atoms with Crippen LogP contribution in [0.1, 0.15) is 28.8 Å². The molecular weight excluding hydrogens is 416 g/mol. The molecule has 1 amide bonds. The van der Waals surface area contributed by atoms with Gasteiger partial charge in [-0.2, -0.15) is 0 Å². The number of carbonyl (C=O) groups is 1. The number of allylic oxidation sites excluding steroid dienone is 1. The third-order valence-corrected chi connectivity index (χ3v) is 4.51. The van der Waals surface area contributed by atoms with Gasteiger partial charge in [-0.05, 0) is 55.4 Å². The summed E-state index contributed by atoms with van der Waals surface area (Å²) in [5, 5.41) is 10.9. The number of nitrogens with zero attached hydrogens (tertiary/aromatic N) is 2. The molecule has 0 spiro atoms. The van der Waals surface area contributed by atoms with Gasteiger partial charge in [-0.15, -0.1) is 8.78 Å². The van der Waals surface area contributed by atoms with Crippen molar-refractivity contribution >= 4 is 34.7 Å². The van der Waals surface area contributed by atoms with Gasteiger partial charge in [-0.3, -0.25) is 4.79 Å². The van der Waals surface area contributed by atoms with E-state index in [0.29, 0.717) is 17.1 Å². The number of halogens is 3. The lowest BCUT2D eigenvalue weighted by atomic mass is 10.1. The summed E-state index contributed by atoms with van der Waals surface area (Å²) < 4.78 is 29.6. The summed E-state index contributed by atoms with van der Waals surface area (Å²) >= 11 is 4.73. The molecule has 7 nitrogen and oxygen atoms in total. The first-order valence-corrected chi connectivity index (χ1v) is 9.54. The van der Waals surface area contributed by atoms with E-state index in [2.05, 4.69) is 19.9 Å². The zero-order valence-electron chi connectivity index (χ0n) is 15.9. The summed E-state index contributed by atoms with van der Waals surface area (Å²) in [4.78, 5) is 19.1. The Balaban J connectivity index is 1.80. The van der Waals surface area contributed by atoms with Crippen LogP contribution in [0.2, 0.25) is 0 Å². The Hall–Kier alpha value is -3.20. The van der Waals surface area contributed by atoms with Crippen LogP contribution in [-0.2, 0) is 0 Å². The quantitative estimate of drug-likeness (QED) is 0.451. The molecule has 1 aromatic heterocycles. The number of benzene rings is 1. The van der Waals surface area contributed by atoms with Crippen molar-refractivity contribution in [2.24, 2.45) is 5.73 Å². The lowest BCUT2D eigenvalue weighted by Gasteiger charge is -2.20. The largest absolute Gasteiger partial charge is 0.487 e. The standard InChI is InChI=1S/C20H20ClF2N5O2/c21-20(22,23)30-15-5-3-14(4-6-15)27-19(29)13-11-16(17(25)7-8-24)18(26-12-13)28-9-1-2-10-28/h3-8,11-12,25H,1-2,9-10,24H2,(H,27,29). The Morgan fingerprint density at radius 2 is 1.97 bits per heavy atom. The van der Waals surface area contributed by atoms with Gasteiger partial charge in [0, 0.05) is 42.1 Å². The van der Waals surface area contributed by atoms with Gasteiger partial charge in [-0.1, -0.05) is 0 Å². The minimum Gasteiger partial charge on any atom is -0.420 e. The molecule has 2 heterocycles. The molecule has 0 aliphatic carbocycles. The number of alkyl halides is 3. The Kier molecular flexibility index (Phi) is 6.51. The molecule has 4 N–H and O–H groups in total. The maximum atomic E-state index is 12.7. The van der Waals surface area contributed by atoms with E-state index < -0.39 is 11.5 Å². The number of anilines is 2. The first-order chi connectivity index (χ1) is 14.3. The maximum Gasteiger partial charge on any atom is 0.487 e. The van der Waals surface area contributed by atoms with Crippen LogP contribution in [0.25, 0.3) is 0 Å². The Bertz CT molecular complexity index is 955. The van der Waals surface area contributed by atoms with Gasteiger partial charge < -0.3 is 26.1 Å². The summed E-state index contributed by atoms with van der Waals surface area (Å²) in [7, 11) is 0. The maximum absolute atomic E-state index is 12.7. The number of hydrogen-bond donors (Lipinski definition) is 3. The molecule has 3 rings (SSSR count). The molecule has 1 fully saturated rings. The fraction of sp³-hybridized carbons (Fsp3) is 0.250. The van der Waals surface area contributed by atoms with Crippen molar-refractivity contribution in [1.29, 1.82) is 5.41 Å². The van der Waals surface area contributed by atoms with Crippen LogP contribution in [0.4, 0.5) is 20.3 Å². The molecule has 1 aliphatic rings. The molecule has 0 bridgehead atoms. The molecule has 1 aliphatic heterocycles. The molecule has 1 aromatic carbocycles. The number of nitrogens with two attached hydrogens (primary N) is 1. The van der Waals surface area contributed by atoms with Crippen LogP contribution < -0.4 is 20.7 Å². The van der Waals surface area contributed by atoms with E-state index in [1.807, 2.05) is 0 Å². The molecule has 158 valence electrons. The Morgan fingerprint density at radius 1 is 1.30 bits per heavy atom. The molecule has 0 saturated carbocycles. The predicted molar refractivity (Wildman–Crippen MR) is 112 cm³/mol. The highest BCUT2D eigenvalue weighted by Gasteiger charge is 2.27. The average Bonchev–Trinajstić information content (AvgIpc) is 3.22. The van der Waals surface area contributed by atoms with E-state index in [0.717, 1.165) is 25.9 Å². The van der Waals surface area contributed by atoms with Crippen molar-refractivity contribution in [2.45, 2.75) is 18.4 Å². The first kappa shape index (κ1) is 21.5. The monoisotopic (exact) mass is 435 g/mol. The summed E-state index contributed by atoms with van der Waals surface area (Å²) in [5.74, 6) is 0.0298. The molecule has 0 atom stereocenters. The number of pyridine rings is 1. The second-order valence-electron chi connectivity index (χ2n) is 6.59. The molecule has 10 heteroatoms. The minimum atomic E-state index is -3.81. The zero-order chi connectivity index (χ0) is 21.7. The van der Waals surface area contributed by atoms with Gasteiger partial charge in [0.2, 0.25) is 0 Å². The second-order valence-corrected chi connectivity index (χ2v) is 7.03. The van der Waals surface area contributed by atoms with Gasteiger partial charge in [0.05, 0.1) is 11.3 Å². The first-order valence-electron chi connectivity index (χ1n) is 9.16. The summed E-state index contributed by atoms with van der Waals surface area (Å²) in [6.45, 7) is 1.67. The number of aromatic nitrogens is 1. The molecule has 0 unspecified atom stereocenters. The van der Waals surface area contributed by atoms with Gasteiger partial charge in [0.25, 0.3) is 5.91 Å². The summed E-state index contributed by atoms with van der Waals surface area (Å²) in [6.07, 6.45) is 6.22. The lowest BCUT2D eigenvalue weighted by Crippen LogP contribution is -2.23. The highest BCUT2D eigenvalue weighted by atomic mass is 35.5. The number of amides is 1. The normalized spacial score (nSPS) is 14.2. The van der Waals surface area contributed by atoms with Crippen LogP contribution in [0.15, 0.2) is 48.8 Å². The van der Waals surface area contributed by atoms with E-state index in [1.165, 1.54) is 42.7 Å². The van der Waals surface area contributed by atoms with Crippen LogP contribution >= 0.6 is 11.6 Å². The van der Waals surface area contributed by atoms with Crippen molar-refractivity contribution < 1.29 is 18.3 Å². The summed E-state index contributed by atoms with van der Waals surface area (Å²) in [6, 6.07) is 6.91. The van der Waals surface area contributed by atoms with E-state index in [4.69, 9.17) is 22.7 Å². The van der Waals surface area contributed by atoms with Gasteiger partial charge >= 0.3 is 5.57 Å². The van der Waals surface area contributed by atoms with Gasteiger partial charge in [0.1, 0.15) is 11.6 Å². The number of nitrogens with one attached hydrogen (secondary N) is 2. The number of rotatable bonds is 7. The zero-order valence-corrected chi connectivity index (χ0v) is 16.6. The average molecular weight is 436 g/mol. The van der Waals surface area contributed by atoms with Crippen LogP contribution in [-0.4, -0.2) is 35.3 Å². The van der Waals surface area contributed by atoms with E-state index in [1.54, 1.807) is 6.07 Å². The topological polar surface area (TPSA) is 104 Å². The van der Waals surface area contributed by atoms with E-state index >= 15 is 0 Å². The Labute approximate surface area is 177 Å². The van der Waals surface area contributed by atoms with Crippen molar-refractivity contribution in [1.82, 2.24) is 4.98 Å². The molecule has 1 saturated heterocycles. The predicted octanol–water partition coefficient (Wildman–Crippen LogP) is 3.94. The number of carbonyl (C=O) groups excluding carboxylic acids is 1. The van der Waals surface area contributed by atoms with Gasteiger partial charge in [-0.25, -0.2) is 4.98 Å². The van der Waals surface area contributed by atoms with Crippen molar-refractivity contribution in [3.63, 3.8) is 0 Å². The van der Waals surface area contributed by atoms with Crippen molar-refractivity contribution in [2.75, 3.05) is 23.3 Å². The van der Waals surface area contributed by atoms with Crippen LogP contribution in [0.5, 0.6) is 5.75 Å². The fourth-order valence-corrected chi connectivity index (χ4v) is 3.18. The van der Waals surface area contributed by atoms with E-state index in [-0.39, 0.29) is 17.0 Å². The molecular formula is C20H20ClF2N5O2. The smallest absolute Gasteiger partial charge is 0.420 e.